The largest absolute Gasteiger partial charge is 0.497 e. The van der Waals surface area contributed by atoms with Crippen LogP contribution < -0.4 is 15.0 Å². The number of hydrogen-bond acceptors (Lipinski definition) is 6. The summed E-state index contributed by atoms with van der Waals surface area (Å²) >= 11 is 0. The maximum Gasteiger partial charge on any atom is 0.251 e. The summed E-state index contributed by atoms with van der Waals surface area (Å²) in [7, 11) is 1.56. The molecule has 196 valence electrons. The molecule has 10 heteroatoms. The van der Waals surface area contributed by atoms with E-state index < -0.39 is 17.5 Å². The van der Waals surface area contributed by atoms with Gasteiger partial charge in [-0.1, -0.05) is 30.3 Å². The first kappa shape index (κ1) is 26.5. The van der Waals surface area contributed by atoms with Crippen LogP contribution in [-0.4, -0.2) is 44.7 Å². The fraction of sp³-hybridized carbons (Fsp3) is 0.250. The molecule has 0 aliphatic heterocycles. The van der Waals surface area contributed by atoms with E-state index in [1.807, 2.05) is 26.8 Å². The number of nitrogens with one attached hydrogen (secondary N) is 1. The van der Waals surface area contributed by atoms with Crippen LogP contribution in [0.25, 0.3) is 11.4 Å². The number of anilines is 1. The van der Waals surface area contributed by atoms with Gasteiger partial charge in [0.2, 0.25) is 11.7 Å². The number of aromatic nitrogens is 4. The summed E-state index contributed by atoms with van der Waals surface area (Å²) in [6.45, 7) is 5.35. The van der Waals surface area contributed by atoms with E-state index in [9.17, 15) is 14.0 Å². The molecule has 1 N–H and O–H groups in total. The number of nitrogens with zero attached hydrogens (tertiary/aromatic N) is 5. The second-order valence-corrected chi connectivity index (χ2v) is 9.66. The number of benzene rings is 3. The van der Waals surface area contributed by atoms with Crippen molar-refractivity contribution in [1.82, 2.24) is 25.5 Å². The average Bonchev–Trinajstić information content (AvgIpc) is 3.35. The minimum Gasteiger partial charge on any atom is -0.497 e. The van der Waals surface area contributed by atoms with Gasteiger partial charge >= 0.3 is 0 Å². The van der Waals surface area contributed by atoms with E-state index in [0.717, 1.165) is 4.80 Å². The van der Waals surface area contributed by atoms with Gasteiger partial charge in [-0.05, 0) is 80.1 Å². The number of rotatable bonds is 8. The summed E-state index contributed by atoms with van der Waals surface area (Å²) in [6.07, 6.45) is 0. The van der Waals surface area contributed by atoms with Crippen LogP contribution in [0.4, 0.5) is 10.1 Å². The second-order valence-electron chi connectivity index (χ2n) is 9.66. The van der Waals surface area contributed by atoms with Gasteiger partial charge in [-0.2, -0.15) is 4.80 Å². The van der Waals surface area contributed by atoms with Crippen LogP contribution in [-0.2, 0) is 16.1 Å². The molecule has 1 aromatic heterocycles. The van der Waals surface area contributed by atoms with E-state index in [2.05, 4.69) is 20.7 Å². The SMILES string of the molecule is COc1ccc(C(C(=O)NC(C)(C)C)N(C(=O)Cn2nnc(-c3ccc(F)cc3)n2)c2ccccc2)cc1. The third-order valence-corrected chi connectivity index (χ3v) is 5.57. The molecule has 9 nitrogen and oxygen atoms in total. The second kappa shape index (κ2) is 11.2. The van der Waals surface area contributed by atoms with Gasteiger partial charge in [-0.15, -0.1) is 10.2 Å². The van der Waals surface area contributed by atoms with E-state index in [4.69, 9.17) is 4.74 Å². The zero-order valence-electron chi connectivity index (χ0n) is 21.6. The lowest BCUT2D eigenvalue weighted by Crippen LogP contribution is -2.50. The molecular formula is C28H29FN6O3. The van der Waals surface area contributed by atoms with Crippen molar-refractivity contribution in [1.29, 1.82) is 0 Å². The Morgan fingerprint density at radius 1 is 1.00 bits per heavy atom. The van der Waals surface area contributed by atoms with Crippen LogP contribution in [0.1, 0.15) is 32.4 Å². The van der Waals surface area contributed by atoms with Crippen LogP contribution in [0.15, 0.2) is 78.9 Å². The molecule has 38 heavy (non-hydrogen) atoms. The molecular weight excluding hydrogens is 487 g/mol. The molecule has 0 aliphatic carbocycles. The molecule has 0 bridgehead atoms. The molecule has 4 rings (SSSR count). The summed E-state index contributed by atoms with van der Waals surface area (Å²) in [5.74, 6) is -0.279. The molecule has 1 atom stereocenters. The number of tetrazole rings is 1. The molecule has 0 spiro atoms. The summed E-state index contributed by atoms with van der Waals surface area (Å²) in [5, 5.41) is 15.3. The van der Waals surface area contributed by atoms with Crippen molar-refractivity contribution in [3.05, 3.63) is 90.2 Å². The first-order valence-corrected chi connectivity index (χ1v) is 12.0. The Morgan fingerprint density at radius 3 is 2.26 bits per heavy atom. The number of amides is 2. The predicted octanol–water partition coefficient (Wildman–Crippen LogP) is 4.18. The van der Waals surface area contributed by atoms with Crippen molar-refractivity contribution in [2.45, 2.75) is 38.9 Å². The van der Waals surface area contributed by atoms with Gasteiger partial charge < -0.3 is 10.1 Å². The molecule has 4 aromatic rings. The quantitative estimate of drug-likeness (QED) is 0.377. The smallest absolute Gasteiger partial charge is 0.251 e. The van der Waals surface area contributed by atoms with Gasteiger partial charge in [0.25, 0.3) is 5.91 Å². The lowest BCUT2D eigenvalue weighted by atomic mass is 10.0. The molecule has 0 saturated carbocycles. The van der Waals surface area contributed by atoms with Gasteiger partial charge in [0.15, 0.2) is 0 Å². The van der Waals surface area contributed by atoms with Crippen molar-refractivity contribution in [3.8, 4) is 17.1 Å². The molecule has 2 amide bonds. The van der Waals surface area contributed by atoms with Crippen LogP contribution in [0, 0.1) is 5.82 Å². The van der Waals surface area contributed by atoms with E-state index in [1.54, 1.807) is 55.6 Å². The number of hydrogen-bond donors (Lipinski definition) is 1. The van der Waals surface area contributed by atoms with Crippen molar-refractivity contribution in [2.75, 3.05) is 12.0 Å². The normalized spacial score (nSPS) is 12.0. The van der Waals surface area contributed by atoms with Crippen molar-refractivity contribution >= 4 is 17.5 Å². The van der Waals surface area contributed by atoms with Gasteiger partial charge in [0, 0.05) is 16.8 Å². The Kier molecular flexibility index (Phi) is 7.80. The summed E-state index contributed by atoms with van der Waals surface area (Å²) in [4.78, 5) is 30.1. The standard InChI is InChI=1S/C28H29FN6O3/c1-28(2,3)30-27(37)25(19-12-16-23(38-4)17-13-19)35(22-8-6-5-7-9-22)24(36)18-34-32-26(31-33-34)20-10-14-21(29)15-11-20/h5-17,25H,18H2,1-4H3,(H,30,37). The Morgan fingerprint density at radius 2 is 1.66 bits per heavy atom. The van der Waals surface area contributed by atoms with Crippen LogP contribution >= 0.6 is 0 Å². The van der Waals surface area contributed by atoms with Gasteiger partial charge in [-0.25, -0.2) is 4.39 Å². The molecule has 0 saturated heterocycles. The fourth-order valence-corrected chi connectivity index (χ4v) is 3.89. The number of para-hydroxylation sites is 1. The number of methoxy groups -OCH3 is 1. The number of ether oxygens (including phenoxy) is 1. The fourth-order valence-electron chi connectivity index (χ4n) is 3.89. The van der Waals surface area contributed by atoms with Gasteiger partial charge in [-0.3, -0.25) is 14.5 Å². The topological polar surface area (TPSA) is 102 Å². The molecule has 1 heterocycles. The zero-order valence-corrected chi connectivity index (χ0v) is 21.6. The average molecular weight is 517 g/mol. The maximum absolute atomic E-state index is 13.9. The third kappa shape index (κ3) is 6.39. The number of carbonyl (C=O) groups is 2. The molecule has 0 aliphatic rings. The van der Waals surface area contributed by atoms with Gasteiger partial charge in [0.05, 0.1) is 7.11 Å². The highest BCUT2D eigenvalue weighted by Crippen LogP contribution is 2.30. The highest BCUT2D eigenvalue weighted by atomic mass is 19.1. The minimum atomic E-state index is -0.991. The van der Waals surface area contributed by atoms with Gasteiger partial charge in [0.1, 0.15) is 24.2 Å². The highest BCUT2D eigenvalue weighted by molar-refractivity contribution is 6.01. The van der Waals surface area contributed by atoms with Crippen LogP contribution in [0.3, 0.4) is 0 Å². The summed E-state index contributed by atoms with van der Waals surface area (Å²) in [6, 6.07) is 20.6. The summed E-state index contributed by atoms with van der Waals surface area (Å²) < 4.78 is 18.6. The van der Waals surface area contributed by atoms with Crippen molar-refractivity contribution in [3.63, 3.8) is 0 Å². The summed E-state index contributed by atoms with van der Waals surface area (Å²) in [5.41, 5.74) is 1.15. The van der Waals surface area contributed by atoms with Crippen molar-refractivity contribution in [2.24, 2.45) is 0 Å². The first-order valence-electron chi connectivity index (χ1n) is 12.0. The maximum atomic E-state index is 13.9. The lowest BCUT2D eigenvalue weighted by Gasteiger charge is -2.33. The molecule has 1 unspecified atom stereocenters. The number of halogens is 1. The Balaban J connectivity index is 1.72. The highest BCUT2D eigenvalue weighted by Gasteiger charge is 2.34. The van der Waals surface area contributed by atoms with Crippen LogP contribution in [0.2, 0.25) is 0 Å². The minimum absolute atomic E-state index is 0.251. The molecule has 0 fully saturated rings. The lowest BCUT2D eigenvalue weighted by molar-refractivity contribution is -0.128. The third-order valence-electron chi connectivity index (χ3n) is 5.57. The zero-order chi connectivity index (χ0) is 27.3. The predicted molar refractivity (Wildman–Crippen MR) is 141 cm³/mol. The molecule has 3 aromatic carbocycles. The van der Waals surface area contributed by atoms with E-state index in [1.165, 1.54) is 29.2 Å². The number of carbonyl (C=O) groups excluding carboxylic acids is 2. The van der Waals surface area contributed by atoms with E-state index in [-0.39, 0.29) is 24.1 Å². The monoisotopic (exact) mass is 516 g/mol. The van der Waals surface area contributed by atoms with Crippen LogP contribution in [0.5, 0.6) is 5.75 Å². The van der Waals surface area contributed by atoms with E-state index in [0.29, 0.717) is 22.6 Å². The van der Waals surface area contributed by atoms with E-state index >= 15 is 0 Å². The van der Waals surface area contributed by atoms with Crippen molar-refractivity contribution < 1.29 is 18.7 Å². The Labute approximate surface area is 220 Å². The molecule has 0 radical (unpaired) electrons. The Bertz CT molecular complexity index is 1380. The Hall–Kier alpha value is -4.60. The first-order chi connectivity index (χ1) is 18.1.